The lowest BCUT2D eigenvalue weighted by Gasteiger charge is -2.55. The summed E-state index contributed by atoms with van der Waals surface area (Å²) in [4.78, 5) is 6.88. The number of hydrogen-bond donors (Lipinski definition) is 1. The highest BCUT2D eigenvalue weighted by molar-refractivity contribution is 6.30. The molecule has 2 aliphatic rings. The third-order valence-electron chi connectivity index (χ3n) is 5.36. The summed E-state index contributed by atoms with van der Waals surface area (Å²) in [5, 5.41) is 4.49. The molecule has 3 rings (SSSR count). The predicted octanol–water partition coefficient (Wildman–Crippen LogP) is 3.55. The van der Waals surface area contributed by atoms with Crippen molar-refractivity contribution in [2.24, 2.45) is 16.3 Å². The van der Waals surface area contributed by atoms with Crippen LogP contribution in [0.15, 0.2) is 29.3 Å². The second-order valence-corrected chi connectivity index (χ2v) is 7.91. The number of ether oxygens (including phenoxy) is 1. The molecule has 0 spiro atoms. The molecule has 3 atom stereocenters. The van der Waals surface area contributed by atoms with E-state index >= 15 is 0 Å². The molecular formula is C19H28ClN3O. The van der Waals surface area contributed by atoms with Gasteiger partial charge in [-0.15, -0.1) is 0 Å². The van der Waals surface area contributed by atoms with Gasteiger partial charge in [0.25, 0.3) is 0 Å². The summed E-state index contributed by atoms with van der Waals surface area (Å²) in [6.07, 6.45) is 1.53. The molecule has 1 aromatic carbocycles. The van der Waals surface area contributed by atoms with E-state index in [0.717, 1.165) is 37.1 Å². The Morgan fingerprint density at radius 3 is 2.96 bits per heavy atom. The van der Waals surface area contributed by atoms with Gasteiger partial charge in [-0.1, -0.05) is 37.6 Å². The number of guanidine groups is 1. The van der Waals surface area contributed by atoms with Gasteiger partial charge in [-0.25, -0.2) is 0 Å². The van der Waals surface area contributed by atoms with E-state index in [0.29, 0.717) is 18.1 Å². The molecule has 1 saturated carbocycles. The van der Waals surface area contributed by atoms with Gasteiger partial charge in [0.2, 0.25) is 0 Å². The maximum Gasteiger partial charge on any atom is 0.194 e. The Hall–Kier alpha value is -1.26. The molecule has 1 heterocycles. The first-order valence-corrected chi connectivity index (χ1v) is 9.19. The SMILES string of the molecule is CCN=C(NC1C2CCOC2C1(C)C)N(C)Cc1cccc(Cl)c1. The van der Waals surface area contributed by atoms with E-state index in [1.54, 1.807) is 0 Å². The standard InChI is InChI=1S/C19H28ClN3O/c1-5-21-18(23(4)12-13-7-6-8-14(20)11-13)22-16-15-9-10-24-17(15)19(16,2)3/h6-8,11,15-17H,5,9-10,12H2,1-4H3,(H,21,22). The van der Waals surface area contributed by atoms with Crippen LogP contribution in [0.4, 0.5) is 0 Å². The van der Waals surface area contributed by atoms with Gasteiger partial charge in [-0.3, -0.25) is 4.99 Å². The van der Waals surface area contributed by atoms with Gasteiger partial charge in [0, 0.05) is 49.1 Å². The van der Waals surface area contributed by atoms with Gasteiger partial charge in [0.1, 0.15) is 0 Å². The molecule has 0 aromatic heterocycles. The first-order chi connectivity index (χ1) is 11.4. The lowest BCUT2D eigenvalue weighted by molar-refractivity contribution is -0.107. The molecule has 4 nitrogen and oxygen atoms in total. The lowest BCUT2D eigenvalue weighted by atomic mass is 9.57. The van der Waals surface area contributed by atoms with Crippen LogP contribution in [0.25, 0.3) is 0 Å². The zero-order valence-corrected chi connectivity index (χ0v) is 15.8. The zero-order valence-electron chi connectivity index (χ0n) is 15.1. The molecule has 1 aromatic rings. The Morgan fingerprint density at radius 1 is 1.46 bits per heavy atom. The average Bonchev–Trinajstić information content (AvgIpc) is 2.98. The maximum atomic E-state index is 6.10. The van der Waals surface area contributed by atoms with E-state index in [2.05, 4.69) is 44.1 Å². The fourth-order valence-corrected chi connectivity index (χ4v) is 4.38. The number of halogens is 1. The Morgan fingerprint density at radius 2 is 2.25 bits per heavy atom. The van der Waals surface area contributed by atoms with Gasteiger partial charge in [0.05, 0.1) is 6.10 Å². The van der Waals surface area contributed by atoms with Crippen LogP contribution in [0.2, 0.25) is 5.02 Å². The quantitative estimate of drug-likeness (QED) is 0.667. The minimum Gasteiger partial charge on any atom is -0.377 e. The summed E-state index contributed by atoms with van der Waals surface area (Å²) in [6, 6.07) is 8.42. The largest absolute Gasteiger partial charge is 0.377 e. The van der Waals surface area contributed by atoms with Crippen LogP contribution in [-0.2, 0) is 11.3 Å². The minimum atomic E-state index is 0.145. The molecule has 0 amide bonds. The van der Waals surface area contributed by atoms with Crippen molar-refractivity contribution in [2.45, 2.75) is 45.9 Å². The van der Waals surface area contributed by atoms with Crippen molar-refractivity contribution >= 4 is 17.6 Å². The van der Waals surface area contributed by atoms with Crippen molar-refractivity contribution in [3.8, 4) is 0 Å². The van der Waals surface area contributed by atoms with Crippen LogP contribution in [0, 0.1) is 11.3 Å². The summed E-state index contributed by atoms with van der Waals surface area (Å²) >= 11 is 6.10. The Kier molecular flexibility index (Phi) is 5.07. The molecular weight excluding hydrogens is 322 g/mol. The van der Waals surface area contributed by atoms with Crippen LogP contribution in [-0.4, -0.2) is 43.2 Å². The number of aliphatic imine (C=N–C) groups is 1. The summed E-state index contributed by atoms with van der Waals surface area (Å²) < 4.78 is 5.90. The van der Waals surface area contributed by atoms with Gasteiger partial charge in [0.15, 0.2) is 5.96 Å². The molecule has 2 fully saturated rings. The van der Waals surface area contributed by atoms with Crippen LogP contribution in [0.3, 0.4) is 0 Å². The second-order valence-electron chi connectivity index (χ2n) is 7.47. The fraction of sp³-hybridized carbons (Fsp3) is 0.632. The van der Waals surface area contributed by atoms with Crippen molar-refractivity contribution in [3.05, 3.63) is 34.9 Å². The normalized spacial score (nSPS) is 28.2. The maximum absolute atomic E-state index is 6.10. The van der Waals surface area contributed by atoms with Crippen LogP contribution in [0.5, 0.6) is 0 Å². The highest BCUT2D eigenvalue weighted by Gasteiger charge is 2.59. The minimum absolute atomic E-state index is 0.145. The Balaban J connectivity index is 1.69. The smallest absolute Gasteiger partial charge is 0.194 e. The second kappa shape index (κ2) is 6.93. The van der Waals surface area contributed by atoms with E-state index < -0.39 is 0 Å². The topological polar surface area (TPSA) is 36.9 Å². The predicted molar refractivity (Wildman–Crippen MR) is 99.4 cm³/mol. The third-order valence-corrected chi connectivity index (χ3v) is 5.60. The van der Waals surface area contributed by atoms with Gasteiger partial charge < -0.3 is 15.0 Å². The summed E-state index contributed by atoms with van der Waals surface area (Å²) in [6.45, 7) is 9.08. The third kappa shape index (κ3) is 3.27. The fourth-order valence-electron chi connectivity index (χ4n) is 4.17. The summed E-state index contributed by atoms with van der Waals surface area (Å²) in [7, 11) is 2.08. The number of hydrogen-bond acceptors (Lipinski definition) is 2. The van der Waals surface area contributed by atoms with E-state index in [1.165, 1.54) is 5.56 Å². The van der Waals surface area contributed by atoms with Crippen molar-refractivity contribution in [1.29, 1.82) is 0 Å². The average molecular weight is 350 g/mol. The Bertz CT molecular complexity index is 616. The molecule has 0 bridgehead atoms. The van der Waals surface area contributed by atoms with E-state index in [4.69, 9.17) is 21.3 Å². The van der Waals surface area contributed by atoms with Gasteiger partial charge >= 0.3 is 0 Å². The van der Waals surface area contributed by atoms with E-state index in [9.17, 15) is 0 Å². The molecule has 1 N–H and O–H groups in total. The summed E-state index contributed by atoms with van der Waals surface area (Å²) in [5.74, 6) is 1.56. The zero-order chi connectivity index (χ0) is 17.3. The van der Waals surface area contributed by atoms with Crippen molar-refractivity contribution in [1.82, 2.24) is 10.2 Å². The highest BCUT2D eigenvalue weighted by atomic mass is 35.5. The van der Waals surface area contributed by atoms with Crippen LogP contribution >= 0.6 is 11.6 Å². The Labute approximate surface area is 150 Å². The number of benzene rings is 1. The molecule has 3 unspecified atom stereocenters. The number of nitrogens with one attached hydrogen (secondary N) is 1. The van der Waals surface area contributed by atoms with Gasteiger partial charge in [-0.05, 0) is 31.0 Å². The lowest BCUT2D eigenvalue weighted by Crippen LogP contribution is -2.67. The monoisotopic (exact) mass is 349 g/mol. The first kappa shape index (κ1) is 17.6. The molecule has 24 heavy (non-hydrogen) atoms. The van der Waals surface area contributed by atoms with Crippen LogP contribution in [0.1, 0.15) is 32.8 Å². The molecule has 5 heteroatoms. The van der Waals surface area contributed by atoms with Crippen molar-refractivity contribution in [2.75, 3.05) is 20.2 Å². The van der Waals surface area contributed by atoms with Crippen LogP contribution < -0.4 is 5.32 Å². The molecule has 0 radical (unpaired) electrons. The first-order valence-electron chi connectivity index (χ1n) is 8.81. The van der Waals surface area contributed by atoms with Crippen molar-refractivity contribution < 1.29 is 4.74 Å². The number of fused-ring (bicyclic) bond motifs is 1. The molecule has 1 saturated heterocycles. The highest BCUT2D eigenvalue weighted by Crippen LogP contribution is 2.52. The van der Waals surface area contributed by atoms with Crippen molar-refractivity contribution in [3.63, 3.8) is 0 Å². The van der Waals surface area contributed by atoms with E-state index in [-0.39, 0.29) is 5.41 Å². The number of nitrogens with zero attached hydrogens (tertiary/aromatic N) is 2. The number of rotatable bonds is 4. The summed E-state index contributed by atoms with van der Waals surface area (Å²) in [5.41, 5.74) is 1.33. The molecule has 1 aliphatic carbocycles. The molecule has 1 aliphatic heterocycles. The van der Waals surface area contributed by atoms with E-state index in [1.807, 2.05) is 18.2 Å². The van der Waals surface area contributed by atoms with Gasteiger partial charge in [-0.2, -0.15) is 0 Å². The molecule has 132 valence electrons.